The highest BCUT2D eigenvalue weighted by atomic mass is 14.8. The molecule has 0 amide bonds. The minimum atomic E-state index is 0.634. The van der Waals surface area contributed by atoms with Crippen molar-refractivity contribution in [3.8, 4) is 17.3 Å². The van der Waals surface area contributed by atoms with E-state index in [2.05, 4.69) is 16.0 Å². The van der Waals surface area contributed by atoms with Crippen molar-refractivity contribution in [2.75, 3.05) is 0 Å². The van der Waals surface area contributed by atoms with E-state index < -0.39 is 0 Å². The normalized spacial score (nSPS) is 10.2. The molecule has 0 spiro atoms. The Morgan fingerprint density at radius 1 is 0.944 bits per heavy atom. The molecule has 0 aliphatic heterocycles. The van der Waals surface area contributed by atoms with E-state index in [4.69, 9.17) is 5.26 Å². The molecule has 1 aromatic heterocycles. The van der Waals surface area contributed by atoms with Crippen LogP contribution in [0.2, 0.25) is 0 Å². The lowest BCUT2D eigenvalue weighted by Crippen LogP contribution is -1.89. The molecule has 0 aliphatic rings. The van der Waals surface area contributed by atoms with Gasteiger partial charge in [0.1, 0.15) is 6.33 Å². The number of fused-ring (bicyclic) bond motifs is 1. The fourth-order valence-electron chi connectivity index (χ4n) is 1.97. The van der Waals surface area contributed by atoms with Crippen LogP contribution >= 0.6 is 0 Å². The second kappa shape index (κ2) is 4.27. The number of nitrogens with zero attached hydrogens (tertiary/aromatic N) is 3. The molecule has 18 heavy (non-hydrogen) atoms. The summed E-state index contributed by atoms with van der Waals surface area (Å²) in [6.45, 7) is 0. The highest BCUT2D eigenvalue weighted by Crippen LogP contribution is 2.25. The van der Waals surface area contributed by atoms with Crippen LogP contribution in [-0.4, -0.2) is 9.97 Å². The monoisotopic (exact) mass is 231 g/mol. The minimum Gasteiger partial charge on any atom is -0.236 e. The SMILES string of the molecule is N#Cc1cccc(-c2ncnc3ccccc23)c1. The maximum atomic E-state index is 8.94. The Morgan fingerprint density at radius 3 is 2.72 bits per heavy atom. The Hall–Kier alpha value is -2.73. The molecule has 2 aromatic carbocycles. The number of nitriles is 1. The van der Waals surface area contributed by atoms with Crippen LogP contribution in [0, 0.1) is 11.3 Å². The minimum absolute atomic E-state index is 0.634. The van der Waals surface area contributed by atoms with Crippen molar-refractivity contribution in [3.05, 3.63) is 60.4 Å². The van der Waals surface area contributed by atoms with Crippen molar-refractivity contribution in [3.63, 3.8) is 0 Å². The smallest absolute Gasteiger partial charge is 0.116 e. The zero-order valence-corrected chi connectivity index (χ0v) is 9.54. The van der Waals surface area contributed by atoms with Gasteiger partial charge in [-0.2, -0.15) is 5.26 Å². The molecular formula is C15H9N3. The Balaban J connectivity index is 2.28. The average molecular weight is 231 g/mol. The van der Waals surface area contributed by atoms with E-state index in [9.17, 15) is 0 Å². The lowest BCUT2D eigenvalue weighted by Gasteiger charge is -2.04. The molecule has 3 rings (SSSR count). The van der Waals surface area contributed by atoms with Gasteiger partial charge in [-0.25, -0.2) is 9.97 Å². The lowest BCUT2D eigenvalue weighted by atomic mass is 10.0. The third-order valence-corrected chi connectivity index (χ3v) is 2.81. The Labute approximate surface area is 104 Å². The first-order chi connectivity index (χ1) is 8.88. The van der Waals surface area contributed by atoms with E-state index >= 15 is 0 Å². The summed E-state index contributed by atoms with van der Waals surface area (Å²) >= 11 is 0. The highest BCUT2D eigenvalue weighted by molar-refractivity contribution is 5.92. The molecule has 3 nitrogen and oxygen atoms in total. The summed E-state index contributed by atoms with van der Waals surface area (Å²) in [6.07, 6.45) is 1.55. The zero-order valence-electron chi connectivity index (χ0n) is 9.54. The molecule has 0 fully saturated rings. The second-order valence-corrected chi connectivity index (χ2v) is 3.93. The van der Waals surface area contributed by atoms with E-state index in [1.807, 2.05) is 42.5 Å². The van der Waals surface area contributed by atoms with Crippen molar-refractivity contribution in [2.24, 2.45) is 0 Å². The number of benzene rings is 2. The largest absolute Gasteiger partial charge is 0.236 e. The Morgan fingerprint density at radius 2 is 1.83 bits per heavy atom. The predicted octanol–water partition coefficient (Wildman–Crippen LogP) is 3.17. The Bertz CT molecular complexity index is 752. The fraction of sp³-hybridized carbons (Fsp3) is 0. The molecule has 0 aliphatic carbocycles. The van der Waals surface area contributed by atoms with Gasteiger partial charge in [-0.1, -0.05) is 30.3 Å². The first-order valence-corrected chi connectivity index (χ1v) is 5.59. The van der Waals surface area contributed by atoms with Crippen LogP contribution in [0.25, 0.3) is 22.2 Å². The van der Waals surface area contributed by atoms with Gasteiger partial charge in [0, 0.05) is 10.9 Å². The van der Waals surface area contributed by atoms with Crippen LogP contribution in [0.1, 0.15) is 5.56 Å². The molecule has 0 unspecified atom stereocenters. The van der Waals surface area contributed by atoms with Crippen LogP contribution in [-0.2, 0) is 0 Å². The third-order valence-electron chi connectivity index (χ3n) is 2.81. The molecule has 0 atom stereocenters. The van der Waals surface area contributed by atoms with Gasteiger partial charge in [0.25, 0.3) is 0 Å². The van der Waals surface area contributed by atoms with Crippen molar-refractivity contribution in [2.45, 2.75) is 0 Å². The molecule has 0 bridgehead atoms. The third kappa shape index (κ3) is 1.70. The van der Waals surface area contributed by atoms with Crippen LogP contribution in [0.5, 0.6) is 0 Å². The number of rotatable bonds is 1. The standard InChI is InChI=1S/C15H9N3/c16-9-11-4-3-5-12(8-11)15-13-6-1-2-7-14(13)17-10-18-15/h1-8,10H. The van der Waals surface area contributed by atoms with Gasteiger partial charge in [0.15, 0.2) is 0 Å². The van der Waals surface area contributed by atoms with Crippen molar-refractivity contribution in [1.82, 2.24) is 9.97 Å². The number of para-hydroxylation sites is 1. The van der Waals surface area contributed by atoms with Crippen LogP contribution < -0.4 is 0 Å². The molecule has 3 heteroatoms. The maximum Gasteiger partial charge on any atom is 0.116 e. The summed E-state index contributed by atoms with van der Waals surface area (Å²) in [5, 5.41) is 9.93. The summed E-state index contributed by atoms with van der Waals surface area (Å²) in [6, 6.07) is 17.4. The van der Waals surface area contributed by atoms with Gasteiger partial charge in [0.05, 0.1) is 22.8 Å². The number of aromatic nitrogens is 2. The van der Waals surface area contributed by atoms with Gasteiger partial charge in [-0.05, 0) is 18.2 Å². The predicted molar refractivity (Wildman–Crippen MR) is 69.7 cm³/mol. The molecule has 0 N–H and O–H groups in total. The number of hydrogen-bond acceptors (Lipinski definition) is 3. The first-order valence-electron chi connectivity index (χ1n) is 5.59. The summed E-state index contributed by atoms with van der Waals surface area (Å²) in [5.41, 5.74) is 3.34. The summed E-state index contributed by atoms with van der Waals surface area (Å²) in [7, 11) is 0. The molecule has 84 valence electrons. The van der Waals surface area contributed by atoms with E-state index in [-0.39, 0.29) is 0 Å². The van der Waals surface area contributed by atoms with Crippen LogP contribution in [0.4, 0.5) is 0 Å². The summed E-state index contributed by atoms with van der Waals surface area (Å²) in [5.74, 6) is 0. The molecular weight excluding hydrogens is 222 g/mol. The summed E-state index contributed by atoms with van der Waals surface area (Å²) in [4.78, 5) is 8.57. The Kier molecular flexibility index (Phi) is 2.47. The molecule has 1 heterocycles. The first kappa shape index (κ1) is 10.4. The van der Waals surface area contributed by atoms with Crippen LogP contribution in [0.3, 0.4) is 0 Å². The fourth-order valence-corrected chi connectivity index (χ4v) is 1.97. The van der Waals surface area contributed by atoms with Gasteiger partial charge in [-0.15, -0.1) is 0 Å². The van der Waals surface area contributed by atoms with Gasteiger partial charge >= 0.3 is 0 Å². The van der Waals surface area contributed by atoms with E-state index in [1.54, 1.807) is 12.4 Å². The quantitative estimate of drug-likeness (QED) is 0.646. The van der Waals surface area contributed by atoms with Crippen molar-refractivity contribution < 1.29 is 0 Å². The number of hydrogen-bond donors (Lipinski definition) is 0. The molecule has 3 aromatic rings. The van der Waals surface area contributed by atoms with Crippen molar-refractivity contribution >= 4 is 10.9 Å². The summed E-state index contributed by atoms with van der Waals surface area (Å²) < 4.78 is 0. The van der Waals surface area contributed by atoms with Crippen molar-refractivity contribution in [1.29, 1.82) is 5.26 Å². The van der Waals surface area contributed by atoms with Gasteiger partial charge in [-0.3, -0.25) is 0 Å². The highest BCUT2D eigenvalue weighted by Gasteiger charge is 2.06. The zero-order chi connectivity index (χ0) is 12.4. The maximum absolute atomic E-state index is 8.94. The lowest BCUT2D eigenvalue weighted by molar-refractivity contribution is 1.22. The topological polar surface area (TPSA) is 49.6 Å². The molecule has 0 saturated carbocycles. The van der Waals surface area contributed by atoms with Gasteiger partial charge < -0.3 is 0 Å². The van der Waals surface area contributed by atoms with Crippen LogP contribution in [0.15, 0.2) is 54.9 Å². The second-order valence-electron chi connectivity index (χ2n) is 3.93. The molecule has 0 radical (unpaired) electrons. The van der Waals surface area contributed by atoms with E-state index in [1.165, 1.54) is 0 Å². The van der Waals surface area contributed by atoms with Gasteiger partial charge in [0.2, 0.25) is 0 Å². The molecule has 0 saturated heterocycles. The van der Waals surface area contributed by atoms with E-state index in [0.29, 0.717) is 5.56 Å². The average Bonchev–Trinajstić information content (AvgIpc) is 2.47. The van der Waals surface area contributed by atoms with E-state index in [0.717, 1.165) is 22.2 Å².